The summed E-state index contributed by atoms with van der Waals surface area (Å²) >= 11 is 5.78. The Hall–Kier alpha value is -1.94. The van der Waals surface area contributed by atoms with Crippen LogP contribution in [0.25, 0.3) is 0 Å². The Balaban J connectivity index is 2.28. The highest BCUT2D eigenvalue weighted by molar-refractivity contribution is 6.33. The van der Waals surface area contributed by atoms with Gasteiger partial charge in [-0.2, -0.15) is 0 Å². The molecular weight excluding hydrogens is 272 g/mol. The first-order chi connectivity index (χ1) is 8.99. The van der Waals surface area contributed by atoms with Crippen molar-refractivity contribution >= 4 is 23.2 Å². The Bertz CT molecular complexity index is 643. The summed E-state index contributed by atoms with van der Waals surface area (Å²) < 4.78 is 26.6. The first-order valence-electron chi connectivity index (χ1n) is 5.50. The summed E-state index contributed by atoms with van der Waals surface area (Å²) in [6.07, 6.45) is 0. The Labute approximate surface area is 114 Å². The highest BCUT2D eigenvalue weighted by Crippen LogP contribution is 2.23. The molecule has 0 fully saturated rings. The topological polar surface area (TPSA) is 29.1 Å². The summed E-state index contributed by atoms with van der Waals surface area (Å²) in [5, 5.41) is 2.50. The highest BCUT2D eigenvalue weighted by atomic mass is 35.5. The van der Waals surface area contributed by atoms with Gasteiger partial charge in [-0.15, -0.1) is 0 Å². The van der Waals surface area contributed by atoms with Crippen LogP contribution in [0.3, 0.4) is 0 Å². The molecule has 19 heavy (non-hydrogen) atoms. The van der Waals surface area contributed by atoms with E-state index in [0.29, 0.717) is 5.56 Å². The fourth-order valence-corrected chi connectivity index (χ4v) is 1.82. The standard InChI is InChI=1S/C14H10ClF2NO/c1-8-3-2-4-10(13(8)17)14(19)18-12-6-5-9(16)7-11(12)15/h2-7H,1H3,(H,18,19). The molecule has 5 heteroatoms. The number of benzene rings is 2. The van der Waals surface area contributed by atoms with Crippen molar-refractivity contribution in [1.29, 1.82) is 0 Å². The number of nitrogens with one attached hydrogen (secondary N) is 1. The zero-order chi connectivity index (χ0) is 14.0. The van der Waals surface area contributed by atoms with Crippen molar-refractivity contribution in [2.75, 3.05) is 5.32 Å². The van der Waals surface area contributed by atoms with E-state index in [2.05, 4.69) is 5.32 Å². The van der Waals surface area contributed by atoms with E-state index in [1.807, 2.05) is 0 Å². The fourth-order valence-electron chi connectivity index (χ4n) is 1.60. The molecule has 0 aliphatic heterocycles. The minimum atomic E-state index is -0.630. The molecule has 1 N–H and O–H groups in total. The van der Waals surface area contributed by atoms with Crippen LogP contribution < -0.4 is 5.32 Å². The van der Waals surface area contributed by atoms with E-state index >= 15 is 0 Å². The van der Waals surface area contributed by atoms with Gasteiger partial charge in [-0.25, -0.2) is 8.78 Å². The smallest absolute Gasteiger partial charge is 0.258 e. The van der Waals surface area contributed by atoms with E-state index in [9.17, 15) is 13.6 Å². The van der Waals surface area contributed by atoms with Crippen LogP contribution in [0.1, 0.15) is 15.9 Å². The second-order valence-corrected chi connectivity index (χ2v) is 4.42. The van der Waals surface area contributed by atoms with Crippen LogP contribution in [0, 0.1) is 18.6 Å². The van der Waals surface area contributed by atoms with Gasteiger partial charge in [0.1, 0.15) is 11.6 Å². The van der Waals surface area contributed by atoms with Crippen molar-refractivity contribution in [3.63, 3.8) is 0 Å². The molecule has 0 saturated carbocycles. The van der Waals surface area contributed by atoms with Gasteiger partial charge in [0, 0.05) is 0 Å². The lowest BCUT2D eigenvalue weighted by atomic mass is 10.1. The fraction of sp³-hybridized carbons (Fsp3) is 0.0714. The molecule has 98 valence electrons. The number of aryl methyl sites for hydroxylation is 1. The molecule has 2 nitrogen and oxygen atoms in total. The molecule has 0 saturated heterocycles. The average molecular weight is 282 g/mol. The number of halogens is 3. The van der Waals surface area contributed by atoms with Gasteiger partial charge in [-0.1, -0.05) is 23.7 Å². The number of carbonyl (C=O) groups is 1. The van der Waals surface area contributed by atoms with Crippen molar-refractivity contribution in [2.24, 2.45) is 0 Å². The SMILES string of the molecule is Cc1cccc(C(=O)Nc2ccc(F)cc2Cl)c1F. The minimum absolute atomic E-state index is 0.0569. The molecule has 0 aliphatic carbocycles. The largest absolute Gasteiger partial charge is 0.321 e. The van der Waals surface area contributed by atoms with Crippen LogP contribution >= 0.6 is 11.6 Å². The van der Waals surface area contributed by atoms with E-state index in [0.717, 1.165) is 12.1 Å². The van der Waals surface area contributed by atoms with E-state index in [1.165, 1.54) is 12.1 Å². The Morgan fingerprint density at radius 1 is 1.21 bits per heavy atom. The number of carbonyl (C=O) groups excluding carboxylic acids is 1. The molecular formula is C14H10ClF2NO. The lowest BCUT2D eigenvalue weighted by Crippen LogP contribution is -2.14. The first kappa shape index (κ1) is 13.5. The second-order valence-electron chi connectivity index (χ2n) is 4.01. The zero-order valence-electron chi connectivity index (χ0n) is 10.0. The van der Waals surface area contributed by atoms with Crippen molar-refractivity contribution in [3.05, 3.63) is 64.2 Å². The molecule has 0 bridgehead atoms. The lowest BCUT2D eigenvalue weighted by Gasteiger charge is -2.08. The van der Waals surface area contributed by atoms with Crippen molar-refractivity contribution < 1.29 is 13.6 Å². The molecule has 0 unspecified atom stereocenters. The summed E-state index contributed by atoms with van der Waals surface area (Å²) in [5.74, 6) is -1.72. The van der Waals surface area contributed by atoms with Gasteiger partial charge in [0.25, 0.3) is 5.91 Å². The third-order valence-electron chi connectivity index (χ3n) is 2.62. The predicted octanol–water partition coefficient (Wildman–Crippen LogP) is 4.18. The molecule has 0 aliphatic rings. The van der Waals surface area contributed by atoms with E-state index in [4.69, 9.17) is 11.6 Å². The van der Waals surface area contributed by atoms with Crippen LogP contribution in [-0.4, -0.2) is 5.91 Å². The third kappa shape index (κ3) is 2.90. The quantitative estimate of drug-likeness (QED) is 0.879. The molecule has 0 atom stereocenters. The van der Waals surface area contributed by atoms with Crippen LogP contribution in [0.4, 0.5) is 14.5 Å². The number of anilines is 1. The van der Waals surface area contributed by atoms with Gasteiger partial charge in [-0.05, 0) is 36.8 Å². The van der Waals surface area contributed by atoms with Crippen molar-refractivity contribution in [3.8, 4) is 0 Å². The molecule has 0 heterocycles. The normalized spacial score (nSPS) is 10.3. The summed E-state index contributed by atoms with van der Waals surface area (Å²) in [6.45, 7) is 1.57. The van der Waals surface area contributed by atoms with Gasteiger partial charge in [0.15, 0.2) is 0 Å². The second kappa shape index (κ2) is 5.36. The number of amides is 1. The third-order valence-corrected chi connectivity index (χ3v) is 2.93. The lowest BCUT2D eigenvalue weighted by molar-refractivity contribution is 0.102. The molecule has 0 aromatic heterocycles. The maximum atomic E-state index is 13.8. The summed E-state index contributed by atoms with van der Waals surface area (Å²) in [4.78, 5) is 11.9. The van der Waals surface area contributed by atoms with Crippen molar-refractivity contribution in [1.82, 2.24) is 0 Å². The molecule has 1 amide bonds. The van der Waals surface area contributed by atoms with Crippen molar-refractivity contribution in [2.45, 2.75) is 6.92 Å². The van der Waals surface area contributed by atoms with Gasteiger partial charge >= 0.3 is 0 Å². The average Bonchev–Trinajstić information content (AvgIpc) is 2.36. The summed E-state index contributed by atoms with van der Waals surface area (Å²) in [5.41, 5.74) is 0.521. The van der Waals surface area contributed by atoms with E-state index < -0.39 is 17.5 Å². The molecule has 2 aromatic rings. The van der Waals surface area contributed by atoms with Gasteiger partial charge in [0.2, 0.25) is 0 Å². The minimum Gasteiger partial charge on any atom is -0.321 e. The van der Waals surface area contributed by atoms with E-state index in [-0.39, 0.29) is 16.3 Å². The maximum absolute atomic E-state index is 13.8. The van der Waals surface area contributed by atoms with Crippen LogP contribution in [-0.2, 0) is 0 Å². The highest BCUT2D eigenvalue weighted by Gasteiger charge is 2.14. The predicted molar refractivity (Wildman–Crippen MR) is 70.5 cm³/mol. The first-order valence-corrected chi connectivity index (χ1v) is 5.88. The van der Waals surface area contributed by atoms with Crippen LogP contribution in [0.15, 0.2) is 36.4 Å². The Kier molecular flexibility index (Phi) is 3.81. The summed E-state index contributed by atoms with van der Waals surface area (Å²) in [6, 6.07) is 8.08. The molecule has 2 aromatic carbocycles. The van der Waals surface area contributed by atoms with Gasteiger partial charge in [0.05, 0.1) is 16.3 Å². The maximum Gasteiger partial charge on any atom is 0.258 e. The molecule has 2 rings (SSSR count). The van der Waals surface area contributed by atoms with Gasteiger partial charge < -0.3 is 5.32 Å². The monoisotopic (exact) mass is 281 g/mol. The molecule has 0 spiro atoms. The number of hydrogen-bond donors (Lipinski definition) is 1. The Morgan fingerprint density at radius 3 is 2.63 bits per heavy atom. The number of hydrogen-bond acceptors (Lipinski definition) is 1. The molecule has 0 radical (unpaired) electrons. The number of rotatable bonds is 2. The Morgan fingerprint density at radius 2 is 1.95 bits per heavy atom. The van der Waals surface area contributed by atoms with E-state index in [1.54, 1.807) is 19.1 Å². The van der Waals surface area contributed by atoms with Gasteiger partial charge in [-0.3, -0.25) is 4.79 Å². The van der Waals surface area contributed by atoms with Crippen LogP contribution in [0.2, 0.25) is 5.02 Å². The van der Waals surface area contributed by atoms with Crippen LogP contribution in [0.5, 0.6) is 0 Å². The summed E-state index contributed by atoms with van der Waals surface area (Å²) in [7, 11) is 0. The zero-order valence-corrected chi connectivity index (χ0v) is 10.8.